The van der Waals surface area contributed by atoms with Gasteiger partial charge in [-0.2, -0.15) is 5.10 Å². The van der Waals surface area contributed by atoms with Crippen LogP contribution in [0.15, 0.2) is 127 Å². The first-order chi connectivity index (χ1) is 28.4. The molecule has 4 aromatic carbocycles. The SMILES string of the molecule is Cc1ccc(S(=O)(=O)NC(=O)NN2CC3CCCC3C2)cc1.NNc1nncc2ccccc12.O=c1oc2ccccc2c(O)c1Cc1c(O)c2ccccc2oc1=O. The fourth-order valence-electron chi connectivity index (χ4n) is 7.36. The summed E-state index contributed by atoms with van der Waals surface area (Å²) < 4.78 is 36.7. The van der Waals surface area contributed by atoms with Crippen molar-refractivity contribution in [3.8, 4) is 11.5 Å². The second-order valence-electron chi connectivity index (χ2n) is 14.2. The molecule has 2 fully saturated rings. The van der Waals surface area contributed by atoms with E-state index in [0.717, 1.165) is 29.4 Å². The van der Waals surface area contributed by atoms with Crippen molar-refractivity contribution < 1.29 is 32.3 Å². The Morgan fingerprint density at radius 3 is 1.88 bits per heavy atom. The number of fused-ring (bicyclic) bond motifs is 4. The number of sulfonamides is 1. The number of aromatic hydroxyl groups is 2. The van der Waals surface area contributed by atoms with Gasteiger partial charge in [0.15, 0.2) is 5.82 Å². The van der Waals surface area contributed by atoms with Gasteiger partial charge in [0.2, 0.25) is 0 Å². The third-order valence-electron chi connectivity index (χ3n) is 10.4. The molecule has 0 bridgehead atoms. The Morgan fingerprint density at radius 1 is 0.797 bits per heavy atom. The van der Waals surface area contributed by atoms with E-state index in [1.807, 2.05) is 36.2 Å². The molecule has 2 amide bonds. The van der Waals surface area contributed by atoms with Crippen molar-refractivity contribution in [2.75, 3.05) is 18.5 Å². The first-order valence-electron chi connectivity index (χ1n) is 18.7. The van der Waals surface area contributed by atoms with Crippen LogP contribution in [0.4, 0.5) is 10.6 Å². The Morgan fingerprint density at radius 2 is 1.32 bits per heavy atom. The van der Waals surface area contributed by atoms with Gasteiger partial charge >= 0.3 is 17.3 Å². The molecule has 1 aliphatic carbocycles. The number of hydrogen-bond acceptors (Lipinski definition) is 14. The van der Waals surface area contributed by atoms with Crippen LogP contribution in [-0.4, -0.2) is 53.0 Å². The predicted molar refractivity (Wildman–Crippen MR) is 221 cm³/mol. The molecule has 1 saturated carbocycles. The summed E-state index contributed by atoms with van der Waals surface area (Å²) in [6.45, 7) is 3.49. The van der Waals surface area contributed by atoms with Crippen LogP contribution in [0.25, 0.3) is 32.7 Å². The lowest BCUT2D eigenvalue weighted by Gasteiger charge is -2.18. The molecule has 16 nitrogen and oxygen atoms in total. The molecule has 3 aromatic heterocycles. The third-order valence-corrected chi connectivity index (χ3v) is 11.7. The van der Waals surface area contributed by atoms with Crippen molar-refractivity contribution in [2.24, 2.45) is 17.7 Å². The summed E-state index contributed by atoms with van der Waals surface area (Å²) in [5.74, 6) is 6.58. The number of anilines is 1. The number of hydrogen-bond donors (Lipinski definition) is 6. The van der Waals surface area contributed by atoms with Crippen molar-refractivity contribution in [1.82, 2.24) is 25.4 Å². The van der Waals surface area contributed by atoms with Crippen molar-refractivity contribution in [1.29, 1.82) is 0 Å². The van der Waals surface area contributed by atoms with E-state index in [2.05, 4.69) is 25.8 Å². The maximum Gasteiger partial charge on any atom is 0.343 e. The second-order valence-corrected chi connectivity index (χ2v) is 15.9. The van der Waals surface area contributed by atoms with Crippen molar-refractivity contribution in [3.63, 3.8) is 0 Å². The molecule has 1 aliphatic heterocycles. The zero-order chi connectivity index (χ0) is 41.7. The van der Waals surface area contributed by atoms with Crippen LogP contribution in [0.3, 0.4) is 0 Å². The van der Waals surface area contributed by atoms with Crippen molar-refractivity contribution >= 4 is 54.6 Å². The molecule has 7 N–H and O–H groups in total. The highest BCUT2D eigenvalue weighted by molar-refractivity contribution is 7.90. The summed E-state index contributed by atoms with van der Waals surface area (Å²) in [6.07, 6.45) is 5.06. The monoisotopic (exact) mass is 819 g/mol. The summed E-state index contributed by atoms with van der Waals surface area (Å²) in [4.78, 5) is 36.4. The topological polar surface area (TPSA) is 243 Å². The average molecular weight is 820 g/mol. The third kappa shape index (κ3) is 9.02. The average Bonchev–Trinajstić information content (AvgIpc) is 3.83. The molecule has 4 heterocycles. The molecule has 17 heteroatoms. The van der Waals surface area contributed by atoms with E-state index in [-0.39, 0.29) is 45.1 Å². The Kier molecular flexibility index (Phi) is 11.9. The van der Waals surface area contributed by atoms with E-state index in [1.165, 1.54) is 31.4 Å². The molecule has 7 aromatic rings. The molecule has 1 saturated heterocycles. The number of carbonyl (C=O) groups excluding carboxylic acids is 1. The number of amides is 2. The Bertz CT molecular complexity index is 2770. The highest BCUT2D eigenvalue weighted by Gasteiger charge is 2.37. The lowest BCUT2D eigenvalue weighted by atomic mass is 10.0. The number of aryl methyl sites for hydroxylation is 1. The lowest BCUT2D eigenvalue weighted by molar-refractivity contribution is 0.195. The maximum absolute atomic E-state index is 12.2. The minimum atomic E-state index is -3.83. The predicted octanol–water partition coefficient (Wildman–Crippen LogP) is 5.45. The first kappa shape index (κ1) is 40.4. The van der Waals surface area contributed by atoms with Gasteiger partial charge in [-0.05, 0) is 68.0 Å². The van der Waals surface area contributed by atoms with Crippen LogP contribution in [0.2, 0.25) is 0 Å². The standard InChI is InChI=1S/C19H12O6.C15H21N3O3S.C8H8N4/c20-16-10-5-1-3-7-14(10)24-18(22)12(16)9-13-17(21)11-6-2-4-8-15(11)25-19(13)23;1-11-5-7-14(8-6-11)22(20,21)17-15(19)16-18-9-12-3-2-4-13(12)10-18;9-11-8-7-4-2-1-3-6(7)5-10-12-8/h1-8,20-21H,9H2;5-8,12-13H,2-4,9-10H2,1H3,(H2,16,17,19);1-5H,9H2,(H,11,12). The number of carbonyl (C=O) groups is 1. The summed E-state index contributed by atoms with van der Waals surface area (Å²) in [5.41, 5.74) is 4.81. The summed E-state index contributed by atoms with van der Waals surface area (Å²) in [6, 6.07) is 26.5. The maximum atomic E-state index is 12.2. The highest BCUT2D eigenvalue weighted by atomic mass is 32.2. The molecule has 0 radical (unpaired) electrons. The molecule has 2 unspecified atom stereocenters. The minimum absolute atomic E-state index is 0.0894. The smallest absolute Gasteiger partial charge is 0.343 e. The number of benzene rings is 4. The molecular formula is C42H41N7O9S. The summed E-state index contributed by atoms with van der Waals surface area (Å²) in [7, 11) is -3.83. The molecule has 2 atom stereocenters. The van der Waals surface area contributed by atoms with Crippen LogP contribution >= 0.6 is 0 Å². The number of aromatic nitrogens is 2. The Balaban J connectivity index is 0.000000142. The van der Waals surface area contributed by atoms with Gasteiger partial charge in [0, 0.05) is 30.3 Å². The normalized spacial score (nSPS) is 16.1. The van der Waals surface area contributed by atoms with Gasteiger partial charge in [0.1, 0.15) is 22.7 Å². The van der Waals surface area contributed by atoms with Gasteiger partial charge in [-0.3, -0.25) is 5.43 Å². The number of nitrogens with two attached hydrogens (primary N) is 1. The summed E-state index contributed by atoms with van der Waals surface area (Å²) in [5, 5.41) is 33.0. The van der Waals surface area contributed by atoms with E-state index in [0.29, 0.717) is 28.4 Å². The molecule has 2 aliphatic rings. The number of nitrogen functional groups attached to an aromatic ring is 1. The van der Waals surface area contributed by atoms with Crippen LogP contribution in [0.1, 0.15) is 36.0 Å². The largest absolute Gasteiger partial charge is 0.507 e. The second kappa shape index (κ2) is 17.4. The fourth-order valence-corrected chi connectivity index (χ4v) is 8.26. The van der Waals surface area contributed by atoms with E-state index in [4.69, 9.17) is 14.7 Å². The van der Waals surface area contributed by atoms with Crippen LogP contribution in [0.5, 0.6) is 11.5 Å². The first-order valence-corrected chi connectivity index (χ1v) is 20.2. The minimum Gasteiger partial charge on any atom is -0.507 e. The van der Waals surface area contributed by atoms with Gasteiger partial charge in [-0.1, -0.05) is 72.6 Å². The van der Waals surface area contributed by atoms with E-state index in [9.17, 15) is 33.0 Å². The van der Waals surface area contributed by atoms with Gasteiger partial charge in [-0.25, -0.2) is 38.4 Å². The number of nitrogens with one attached hydrogen (secondary N) is 3. The molecular weight excluding hydrogens is 779 g/mol. The van der Waals surface area contributed by atoms with Crippen molar-refractivity contribution in [2.45, 2.75) is 37.5 Å². The van der Waals surface area contributed by atoms with Gasteiger partial charge in [-0.15, -0.1) is 5.10 Å². The fraction of sp³-hybridized carbons (Fsp3) is 0.214. The van der Waals surface area contributed by atoms with Crippen LogP contribution in [0, 0.1) is 18.8 Å². The van der Waals surface area contributed by atoms with E-state index < -0.39 is 27.3 Å². The van der Waals surface area contributed by atoms with Crippen LogP contribution in [-0.2, 0) is 16.4 Å². The molecule has 9 rings (SSSR count). The molecule has 0 spiro atoms. The Hall–Kier alpha value is -6.82. The van der Waals surface area contributed by atoms with E-state index >= 15 is 0 Å². The summed E-state index contributed by atoms with van der Waals surface area (Å²) >= 11 is 0. The Labute approximate surface area is 337 Å². The van der Waals surface area contributed by atoms with Crippen LogP contribution < -0.4 is 32.7 Å². The number of hydrazine groups is 2. The molecule has 59 heavy (non-hydrogen) atoms. The van der Waals surface area contributed by atoms with Gasteiger partial charge in [0.05, 0.1) is 33.0 Å². The van der Waals surface area contributed by atoms with Crippen molar-refractivity contribution in [3.05, 3.63) is 141 Å². The van der Waals surface area contributed by atoms with Gasteiger partial charge < -0.3 is 24.5 Å². The zero-order valence-electron chi connectivity index (χ0n) is 31.8. The number of urea groups is 1. The number of para-hydroxylation sites is 2. The highest BCUT2D eigenvalue weighted by Crippen LogP contribution is 2.37. The van der Waals surface area contributed by atoms with Gasteiger partial charge in [0.25, 0.3) is 10.0 Å². The van der Waals surface area contributed by atoms with E-state index in [1.54, 1.807) is 66.9 Å². The number of nitrogens with zero attached hydrogens (tertiary/aromatic N) is 3. The zero-order valence-corrected chi connectivity index (χ0v) is 32.6. The number of rotatable bonds is 6. The quantitative estimate of drug-likeness (QED) is 0.0695. The lowest BCUT2D eigenvalue weighted by Crippen LogP contribution is -2.48. The molecule has 304 valence electrons.